The zero-order chi connectivity index (χ0) is 17.8. The minimum absolute atomic E-state index is 0.0890. The summed E-state index contributed by atoms with van der Waals surface area (Å²) < 4.78 is 0. The molecule has 26 heavy (non-hydrogen) atoms. The van der Waals surface area contributed by atoms with Crippen LogP contribution in [0, 0.1) is 0 Å². The fourth-order valence-electron chi connectivity index (χ4n) is 2.94. The number of aromatic amines is 1. The van der Waals surface area contributed by atoms with Gasteiger partial charge in [0.2, 0.25) is 11.1 Å². The fraction of sp³-hybridized carbons (Fsp3) is 0.150. The quantitative estimate of drug-likeness (QED) is 0.704. The Balaban J connectivity index is 1.35. The van der Waals surface area contributed by atoms with E-state index in [0.717, 1.165) is 24.2 Å². The van der Waals surface area contributed by atoms with Crippen LogP contribution in [0.1, 0.15) is 17.0 Å². The molecule has 0 saturated heterocycles. The molecule has 0 unspecified atom stereocenters. The molecule has 1 N–H and O–H groups in total. The zero-order valence-corrected chi connectivity index (χ0v) is 14.9. The first-order chi connectivity index (χ1) is 12.8. The summed E-state index contributed by atoms with van der Waals surface area (Å²) in [5, 5.41) is 7.65. The van der Waals surface area contributed by atoms with E-state index in [4.69, 9.17) is 0 Å². The van der Waals surface area contributed by atoms with Crippen LogP contribution in [0.2, 0.25) is 0 Å². The molecule has 2 heterocycles. The molecule has 4 rings (SSSR count). The normalized spacial score (nSPS) is 13.3. The summed E-state index contributed by atoms with van der Waals surface area (Å²) in [5.41, 5.74) is 3.36. The predicted octanol–water partition coefficient (Wildman–Crippen LogP) is 3.66. The van der Waals surface area contributed by atoms with Gasteiger partial charge in [0.05, 0.1) is 5.75 Å². The monoisotopic (exact) mass is 362 g/mol. The number of benzene rings is 2. The molecule has 1 aromatic heterocycles. The molecule has 0 fully saturated rings. The van der Waals surface area contributed by atoms with Crippen LogP contribution < -0.4 is 4.90 Å². The van der Waals surface area contributed by atoms with Crippen LogP contribution in [0.25, 0.3) is 12.2 Å². The lowest BCUT2D eigenvalue weighted by Gasteiger charge is -2.16. The van der Waals surface area contributed by atoms with Crippen LogP contribution >= 0.6 is 11.8 Å². The van der Waals surface area contributed by atoms with Crippen molar-refractivity contribution in [2.75, 3.05) is 17.2 Å². The Bertz CT molecular complexity index is 936. The first-order valence-electron chi connectivity index (χ1n) is 8.46. The highest BCUT2D eigenvalue weighted by molar-refractivity contribution is 7.99. The van der Waals surface area contributed by atoms with Crippen molar-refractivity contribution >= 4 is 35.5 Å². The van der Waals surface area contributed by atoms with Crippen molar-refractivity contribution in [3.8, 4) is 0 Å². The van der Waals surface area contributed by atoms with Crippen LogP contribution in [0.5, 0.6) is 0 Å². The average Bonchev–Trinajstić information content (AvgIpc) is 3.32. The van der Waals surface area contributed by atoms with Gasteiger partial charge in [-0.3, -0.25) is 9.89 Å². The number of nitrogens with zero attached hydrogens (tertiary/aromatic N) is 3. The third-order valence-corrected chi connectivity index (χ3v) is 5.06. The third-order valence-electron chi connectivity index (χ3n) is 4.23. The summed E-state index contributed by atoms with van der Waals surface area (Å²) in [5.74, 6) is 1.09. The molecular weight excluding hydrogens is 344 g/mol. The van der Waals surface area contributed by atoms with Gasteiger partial charge in [0.15, 0.2) is 0 Å². The number of nitrogens with one attached hydrogen (secondary N) is 1. The minimum Gasteiger partial charge on any atom is -0.311 e. The van der Waals surface area contributed by atoms with Gasteiger partial charge in [0.25, 0.3) is 0 Å². The molecular formula is C20H18N4OS. The van der Waals surface area contributed by atoms with Gasteiger partial charge < -0.3 is 4.90 Å². The van der Waals surface area contributed by atoms with Gasteiger partial charge in [-0.15, -0.1) is 5.10 Å². The van der Waals surface area contributed by atoms with Gasteiger partial charge in [-0.2, -0.15) is 0 Å². The summed E-state index contributed by atoms with van der Waals surface area (Å²) in [6, 6.07) is 18.1. The smallest absolute Gasteiger partial charge is 0.237 e. The fourth-order valence-corrected chi connectivity index (χ4v) is 3.62. The molecule has 0 aliphatic carbocycles. The molecule has 0 spiro atoms. The topological polar surface area (TPSA) is 61.9 Å². The lowest BCUT2D eigenvalue weighted by atomic mass is 10.2. The van der Waals surface area contributed by atoms with Crippen LogP contribution in [0.4, 0.5) is 5.69 Å². The SMILES string of the molecule is O=C(CSc1n[nH]c(/C=C/c2ccccc2)n1)N1CCc2ccccc21. The highest BCUT2D eigenvalue weighted by Crippen LogP contribution is 2.28. The molecule has 1 aliphatic rings. The summed E-state index contributed by atoms with van der Waals surface area (Å²) in [7, 11) is 0. The largest absolute Gasteiger partial charge is 0.311 e. The van der Waals surface area contributed by atoms with E-state index >= 15 is 0 Å². The summed E-state index contributed by atoms with van der Waals surface area (Å²) in [6.45, 7) is 0.748. The molecule has 6 heteroatoms. The van der Waals surface area contributed by atoms with E-state index in [1.807, 2.05) is 65.6 Å². The summed E-state index contributed by atoms with van der Waals surface area (Å²) in [6.07, 6.45) is 4.77. The van der Waals surface area contributed by atoms with Crippen LogP contribution in [0.15, 0.2) is 59.8 Å². The van der Waals surface area contributed by atoms with Gasteiger partial charge in [-0.25, -0.2) is 4.98 Å². The summed E-state index contributed by atoms with van der Waals surface area (Å²) >= 11 is 1.35. The lowest BCUT2D eigenvalue weighted by molar-refractivity contribution is -0.116. The van der Waals surface area contributed by atoms with E-state index < -0.39 is 0 Å². The van der Waals surface area contributed by atoms with Crippen molar-refractivity contribution in [3.63, 3.8) is 0 Å². The summed E-state index contributed by atoms with van der Waals surface area (Å²) in [4.78, 5) is 18.8. The number of carbonyl (C=O) groups excluding carboxylic acids is 1. The van der Waals surface area contributed by atoms with Crippen LogP contribution in [0.3, 0.4) is 0 Å². The standard InChI is InChI=1S/C20H18N4OS/c25-19(24-13-12-16-8-4-5-9-17(16)24)14-26-20-21-18(22-23-20)11-10-15-6-2-1-3-7-15/h1-11H,12-14H2,(H,21,22,23)/b11-10+. The maximum Gasteiger partial charge on any atom is 0.237 e. The number of carbonyl (C=O) groups is 1. The Morgan fingerprint density at radius 1 is 1.12 bits per heavy atom. The predicted molar refractivity (Wildman–Crippen MR) is 105 cm³/mol. The molecule has 3 aromatic rings. The number of anilines is 1. The molecule has 0 saturated carbocycles. The Hall–Kier alpha value is -2.86. The number of rotatable bonds is 5. The Kier molecular flexibility index (Phi) is 4.84. The van der Waals surface area contributed by atoms with Gasteiger partial charge in [0, 0.05) is 12.2 Å². The minimum atomic E-state index is 0.0890. The molecule has 1 amide bonds. The van der Waals surface area contributed by atoms with E-state index in [0.29, 0.717) is 16.7 Å². The number of fused-ring (bicyclic) bond motifs is 1. The molecule has 0 bridgehead atoms. The third kappa shape index (κ3) is 3.70. The first kappa shape index (κ1) is 16.6. The Labute approximate surface area is 156 Å². The number of hydrogen-bond acceptors (Lipinski definition) is 4. The first-order valence-corrected chi connectivity index (χ1v) is 9.45. The van der Waals surface area contributed by atoms with Crippen LogP contribution in [-0.4, -0.2) is 33.4 Å². The molecule has 130 valence electrons. The number of aromatic nitrogens is 3. The van der Waals surface area contributed by atoms with Gasteiger partial charge in [-0.1, -0.05) is 66.4 Å². The second kappa shape index (κ2) is 7.58. The van der Waals surface area contributed by atoms with Crippen molar-refractivity contribution in [2.45, 2.75) is 11.6 Å². The highest BCUT2D eigenvalue weighted by atomic mass is 32.2. The molecule has 1 aliphatic heterocycles. The number of hydrogen-bond donors (Lipinski definition) is 1. The lowest BCUT2D eigenvalue weighted by Crippen LogP contribution is -2.30. The van der Waals surface area contributed by atoms with E-state index in [2.05, 4.69) is 21.2 Å². The van der Waals surface area contributed by atoms with Crippen molar-refractivity contribution in [2.24, 2.45) is 0 Å². The molecule has 2 aromatic carbocycles. The van der Waals surface area contributed by atoms with Crippen molar-refractivity contribution in [1.82, 2.24) is 15.2 Å². The second-order valence-electron chi connectivity index (χ2n) is 5.96. The zero-order valence-electron chi connectivity index (χ0n) is 14.1. The number of amides is 1. The molecule has 0 radical (unpaired) electrons. The average molecular weight is 362 g/mol. The van der Waals surface area contributed by atoms with E-state index in [9.17, 15) is 4.79 Å². The number of H-pyrrole nitrogens is 1. The Morgan fingerprint density at radius 3 is 2.81 bits per heavy atom. The van der Waals surface area contributed by atoms with Gasteiger partial charge in [-0.05, 0) is 29.7 Å². The van der Waals surface area contributed by atoms with Crippen molar-refractivity contribution in [3.05, 3.63) is 71.5 Å². The molecule has 5 nitrogen and oxygen atoms in total. The van der Waals surface area contributed by atoms with Crippen molar-refractivity contribution < 1.29 is 4.79 Å². The van der Waals surface area contributed by atoms with Crippen LogP contribution in [-0.2, 0) is 11.2 Å². The highest BCUT2D eigenvalue weighted by Gasteiger charge is 2.24. The maximum absolute atomic E-state index is 12.5. The van der Waals surface area contributed by atoms with Gasteiger partial charge in [0.1, 0.15) is 5.82 Å². The molecule has 0 atom stereocenters. The van der Waals surface area contributed by atoms with E-state index in [1.54, 1.807) is 0 Å². The van der Waals surface area contributed by atoms with E-state index in [1.165, 1.54) is 17.3 Å². The maximum atomic E-state index is 12.5. The number of para-hydroxylation sites is 1. The number of thioether (sulfide) groups is 1. The van der Waals surface area contributed by atoms with E-state index in [-0.39, 0.29) is 5.91 Å². The second-order valence-corrected chi connectivity index (χ2v) is 6.90. The Morgan fingerprint density at radius 2 is 1.92 bits per heavy atom. The van der Waals surface area contributed by atoms with Gasteiger partial charge >= 0.3 is 0 Å². The van der Waals surface area contributed by atoms with Crippen molar-refractivity contribution in [1.29, 1.82) is 0 Å².